The molecule has 0 saturated carbocycles. The minimum atomic E-state index is 0.553. The van der Waals surface area contributed by atoms with Crippen molar-refractivity contribution >= 4 is 11.6 Å². The summed E-state index contributed by atoms with van der Waals surface area (Å²) in [6.07, 6.45) is 2.51. The number of ether oxygens (including phenoxy) is 1. The van der Waals surface area contributed by atoms with E-state index in [1.165, 1.54) is 18.4 Å². The number of nitrogens with one attached hydrogen (secondary N) is 1. The summed E-state index contributed by atoms with van der Waals surface area (Å²) in [5, 5.41) is 4.18. The average molecular weight is 226 g/mol. The third-order valence-corrected chi connectivity index (χ3v) is 2.92. The zero-order valence-electron chi connectivity index (χ0n) is 8.71. The van der Waals surface area contributed by atoms with Crippen molar-refractivity contribution in [3.05, 3.63) is 34.9 Å². The number of rotatable bonds is 4. The molecular formula is C12H16ClNO. The van der Waals surface area contributed by atoms with Crippen LogP contribution in [0, 0.1) is 0 Å². The summed E-state index contributed by atoms with van der Waals surface area (Å²) in [6.45, 7) is 2.62. The molecule has 0 bridgehead atoms. The number of hydrogen-bond donors (Lipinski definition) is 1. The monoisotopic (exact) mass is 225 g/mol. The summed E-state index contributed by atoms with van der Waals surface area (Å²) >= 11 is 5.80. The van der Waals surface area contributed by atoms with E-state index >= 15 is 0 Å². The Balaban J connectivity index is 1.71. The Kier molecular flexibility index (Phi) is 4.01. The van der Waals surface area contributed by atoms with Gasteiger partial charge in [-0.15, -0.1) is 0 Å². The van der Waals surface area contributed by atoms with Gasteiger partial charge in [0.1, 0.15) is 0 Å². The molecule has 1 fully saturated rings. The fourth-order valence-corrected chi connectivity index (χ4v) is 1.92. The summed E-state index contributed by atoms with van der Waals surface area (Å²) < 4.78 is 5.64. The van der Waals surface area contributed by atoms with Crippen LogP contribution in [0.3, 0.4) is 0 Å². The molecule has 15 heavy (non-hydrogen) atoms. The lowest BCUT2D eigenvalue weighted by atomic mass is 10.2. The van der Waals surface area contributed by atoms with Gasteiger partial charge in [0.2, 0.25) is 0 Å². The first-order valence-corrected chi connectivity index (χ1v) is 5.78. The van der Waals surface area contributed by atoms with E-state index < -0.39 is 0 Å². The zero-order valence-corrected chi connectivity index (χ0v) is 9.46. The molecule has 1 aromatic rings. The summed E-state index contributed by atoms with van der Waals surface area (Å²) in [5.74, 6) is 0. The van der Waals surface area contributed by atoms with Crippen molar-refractivity contribution in [3.8, 4) is 0 Å². The van der Waals surface area contributed by atoms with Gasteiger partial charge in [-0.3, -0.25) is 0 Å². The second kappa shape index (κ2) is 5.50. The van der Waals surface area contributed by atoms with Crippen LogP contribution < -0.4 is 5.32 Å². The largest absolute Gasteiger partial charge is 0.375 e. The molecule has 2 nitrogen and oxygen atoms in total. The molecule has 3 heteroatoms. The van der Waals surface area contributed by atoms with Crippen molar-refractivity contribution in [2.75, 3.05) is 13.2 Å². The first-order valence-electron chi connectivity index (χ1n) is 5.40. The molecule has 0 amide bonds. The minimum absolute atomic E-state index is 0.553. The van der Waals surface area contributed by atoms with Crippen molar-refractivity contribution in [1.29, 1.82) is 0 Å². The smallest absolute Gasteiger partial charge is 0.0717 e. The van der Waals surface area contributed by atoms with E-state index in [0.717, 1.165) is 18.2 Å². The van der Waals surface area contributed by atoms with E-state index in [0.29, 0.717) is 12.6 Å². The maximum absolute atomic E-state index is 5.80. The number of benzene rings is 1. The van der Waals surface area contributed by atoms with Gasteiger partial charge in [-0.1, -0.05) is 23.7 Å². The van der Waals surface area contributed by atoms with Gasteiger partial charge in [0.05, 0.1) is 13.2 Å². The fourth-order valence-electron chi connectivity index (χ4n) is 1.80. The summed E-state index contributed by atoms with van der Waals surface area (Å²) in [5.41, 5.74) is 1.18. The van der Waals surface area contributed by atoms with Gasteiger partial charge in [0, 0.05) is 11.1 Å². The average Bonchev–Trinajstić information content (AvgIpc) is 2.74. The van der Waals surface area contributed by atoms with Gasteiger partial charge < -0.3 is 10.1 Å². The molecule has 82 valence electrons. The number of halogens is 1. The highest BCUT2D eigenvalue weighted by atomic mass is 35.5. The highest BCUT2D eigenvalue weighted by Crippen LogP contribution is 2.11. The molecule has 1 aliphatic heterocycles. The standard InChI is InChI=1S/C12H16ClNO/c13-11-5-3-10(4-6-11)8-15-9-12-2-1-7-14-12/h3-6,12,14H,1-2,7-9H2. The van der Waals surface area contributed by atoms with Crippen LogP contribution in [0.2, 0.25) is 5.02 Å². The molecule has 1 N–H and O–H groups in total. The van der Waals surface area contributed by atoms with Gasteiger partial charge >= 0.3 is 0 Å². The Morgan fingerprint density at radius 1 is 1.33 bits per heavy atom. The second-order valence-corrected chi connectivity index (χ2v) is 4.37. The lowest BCUT2D eigenvalue weighted by Crippen LogP contribution is -2.26. The van der Waals surface area contributed by atoms with Gasteiger partial charge in [-0.2, -0.15) is 0 Å². The summed E-state index contributed by atoms with van der Waals surface area (Å²) in [6, 6.07) is 8.36. The lowest BCUT2D eigenvalue weighted by molar-refractivity contribution is 0.103. The normalized spacial score (nSPS) is 20.7. The van der Waals surface area contributed by atoms with E-state index in [9.17, 15) is 0 Å². The van der Waals surface area contributed by atoms with Crippen LogP contribution in [0.15, 0.2) is 24.3 Å². The summed E-state index contributed by atoms with van der Waals surface area (Å²) in [4.78, 5) is 0. The van der Waals surface area contributed by atoms with Crippen LogP contribution in [0.5, 0.6) is 0 Å². The van der Waals surface area contributed by atoms with Crippen LogP contribution in [-0.2, 0) is 11.3 Å². The maximum atomic E-state index is 5.80. The molecule has 0 aliphatic carbocycles. The molecule has 2 rings (SSSR count). The van der Waals surface area contributed by atoms with Gasteiger partial charge in [-0.25, -0.2) is 0 Å². The van der Waals surface area contributed by atoms with Gasteiger partial charge in [0.15, 0.2) is 0 Å². The predicted octanol–water partition coefficient (Wildman–Crippen LogP) is 2.61. The van der Waals surface area contributed by atoms with E-state index in [-0.39, 0.29) is 0 Å². The molecular weight excluding hydrogens is 210 g/mol. The van der Waals surface area contributed by atoms with Crippen LogP contribution in [0.4, 0.5) is 0 Å². The lowest BCUT2D eigenvalue weighted by Gasteiger charge is -2.10. The molecule has 1 saturated heterocycles. The molecule has 1 heterocycles. The van der Waals surface area contributed by atoms with Crippen LogP contribution in [0.25, 0.3) is 0 Å². The Bertz CT molecular complexity index is 293. The quantitative estimate of drug-likeness (QED) is 0.851. The Morgan fingerprint density at radius 3 is 2.80 bits per heavy atom. The third-order valence-electron chi connectivity index (χ3n) is 2.66. The molecule has 0 spiro atoms. The topological polar surface area (TPSA) is 21.3 Å². The van der Waals surface area contributed by atoms with Crippen molar-refractivity contribution < 1.29 is 4.74 Å². The molecule has 1 aliphatic rings. The first-order chi connectivity index (χ1) is 7.34. The minimum Gasteiger partial charge on any atom is -0.375 e. The Labute approximate surface area is 95.6 Å². The Morgan fingerprint density at radius 2 is 2.13 bits per heavy atom. The highest BCUT2D eigenvalue weighted by molar-refractivity contribution is 6.30. The van der Waals surface area contributed by atoms with E-state index in [2.05, 4.69) is 5.32 Å². The van der Waals surface area contributed by atoms with Crippen LogP contribution in [-0.4, -0.2) is 19.2 Å². The van der Waals surface area contributed by atoms with Gasteiger partial charge in [-0.05, 0) is 37.1 Å². The van der Waals surface area contributed by atoms with Gasteiger partial charge in [0.25, 0.3) is 0 Å². The second-order valence-electron chi connectivity index (χ2n) is 3.93. The number of hydrogen-bond acceptors (Lipinski definition) is 2. The maximum Gasteiger partial charge on any atom is 0.0717 e. The van der Waals surface area contributed by atoms with Crippen molar-refractivity contribution in [2.45, 2.75) is 25.5 Å². The first kappa shape index (κ1) is 10.9. The zero-order chi connectivity index (χ0) is 10.5. The third kappa shape index (κ3) is 3.49. The fraction of sp³-hybridized carbons (Fsp3) is 0.500. The van der Waals surface area contributed by atoms with Crippen LogP contribution in [0.1, 0.15) is 18.4 Å². The molecule has 0 aromatic heterocycles. The Hall–Kier alpha value is -0.570. The molecule has 1 unspecified atom stereocenters. The van der Waals surface area contributed by atoms with E-state index in [4.69, 9.17) is 16.3 Å². The summed E-state index contributed by atoms with van der Waals surface area (Å²) in [7, 11) is 0. The SMILES string of the molecule is Clc1ccc(COCC2CCCN2)cc1. The predicted molar refractivity (Wildman–Crippen MR) is 62.1 cm³/mol. The highest BCUT2D eigenvalue weighted by Gasteiger charge is 2.13. The molecule has 1 atom stereocenters. The van der Waals surface area contributed by atoms with E-state index in [1.807, 2.05) is 24.3 Å². The molecule has 1 aromatic carbocycles. The van der Waals surface area contributed by atoms with Crippen molar-refractivity contribution in [2.24, 2.45) is 0 Å². The van der Waals surface area contributed by atoms with Crippen molar-refractivity contribution in [1.82, 2.24) is 5.32 Å². The van der Waals surface area contributed by atoms with E-state index in [1.54, 1.807) is 0 Å². The molecule has 0 radical (unpaired) electrons. The van der Waals surface area contributed by atoms with Crippen LogP contribution >= 0.6 is 11.6 Å². The van der Waals surface area contributed by atoms with Crippen molar-refractivity contribution in [3.63, 3.8) is 0 Å².